The molecule has 0 saturated heterocycles. The second-order valence-corrected chi connectivity index (χ2v) is 3.57. The smallest absolute Gasteiger partial charge is 0.122 e. The third-order valence-electron chi connectivity index (χ3n) is 2.22. The number of rotatable bonds is 8. The quantitative estimate of drug-likeness (QED) is 0.635. The Kier molecular flexibility index (Phi) is 6.61. The summed E-state index contributed by atoms with van der Waals surface area (Å²) in [6.45, 7) is 4.76. The van der Waals surface area contributed by atoms with E-state index in [1.807, 2.05) is 31.2 Å². The fourth-order valence-corrected chi connectivity index (χ4v) is 1.31. The summed E-state index contributed by atoms with van der Waals surface area (Å²) in [5.41, 5.74) is 1.17. The van der Waals surface area contributed by atoms with Gasteiger partial charge in [0, 0.05) is 20.1 Å². The number of ether oxygens (including phenoxy) is 3. The van der Waals surface area contributed by atoms with Crippen molar-refractivity contribution in [3.8, 4) is 5.75 Å². The second kappa shape index (κ2) is 8.13. The van der Waals surface area contributed by atoms with Crippen LogP contribution in [0.3, 0.4) is 0 Å². The normalized spacial score (nSPS) is 10.4. The average molecular weight is 224 g/mol. The van der Waals surface area contributed by atoms with Crippen LogP contribution in [0.1, 0.15) is 12.0 Å². The zero-order chi connectivity index (χ0) is 11.6. The topological polar surface area (TPSA) is 27.7 Å². The predicted molar refractivity (Wildman–Crippen MR) is 64.0 cm³/mol. The summed E-state index contributed by atoms with van der Waals surface area (Å²) in [6, 6.07) is 8.03. The maximum atomic E-state index is 5.63. The molecule has 16 heavy (non-hydrogen) atoms. The van der Waals surface area contributed by atoms with Crippen molar-refractivity contribution in [1.82, 2.24) is 0 Å². The van der Waals surface area contributed by atoms with Crippen molar-refractivity contribution in [2.45, 2.75) is 13.3 Å². The molecule has 0 heterocycles. The second-order valence-electron chi connectivity index (χ2n) is 3.57. The highest BCUT2D eigenvalue weighted by atomic mass is 16.5. The number of hydrogen-bond acceptors (Lipinski definition) is 3. The zero-order valence-electron chi connectivity index (χ0n) is 10.1. The van der Waals surface area contributed by atoms with E-state index < -0.39 is 0 Å². The molecule has 3 heteroatoms. The van der Waals surface area contributed by atoms with Crippen LogP contribution in [-0.4, -0.2) is 33.5 Å². The molecule has 0 aromatic heterocycles. The highest BCUT2D eigenvalue weighted by Gasteiger charge is 1.96. The van der Waals surface area contributed by atoms with Crippen LogP contribution in [-0.2, 0) is 9.47 Å². The zero-order valence-corrected chi connectivity index (χ0v) is 10.1. The first-order valence-electron chi connectivity index (χ1n) is 5.59. The molecule has 90 valence electrons. The minimum Gasteiger partial charge on any atom is -0.493 e. The van der Waals surface area contributed by atoms with E-state index in [0.717, 1.165) is 18.8 Å². The third kappa shape index (κ3) is 5.14. The number of hydrogen-bond donors (Lipinski definition) is 0. The summed E-state index contributed by atoms with van der Waals surface area (Å²) >= 11 is 0. The van der Waals surface area contributed by atoms with E-state index in [-0.39, 0.29) is 0 Å². The molecule has 0 unspecified atom stereocenters. The van der Waals surface area contributed by atoms with E-state index in [1.165, 1.54) is 5.56 Å². The maximum absolute atomic E-state index is 5.63. The van der Waals surface area contributed by atoms with Gasteiger partial charge < -0.3 is 14.2 Å². The third-order valence-corrected chi connectivity index (χ3v) is 2.22. The van der Waals surface area contributed by atoms with Gasteiger partial charge in [-0.25, -0.2) is 0 Å². The summed E-state index contributed by atoms with van der Waals surface area (Å²) in [4.78, 5) is 0. The van der Waals surface area contributed by atoms with E-state index in [4.69, 9.17) is 14.2 Å². The molecule has 0 spiro atoms. The van der Waals surface area contributed by atoms with Crippen LogP contribution in [0.4, 0.5) is 0 Å². The fourth-order valence-electron chi connectivity index (χ4n) is 1.31. The molecule has 0 atom stereocenters. The van der Waals surface area contributed by atoms with Gasteiger partial charge in [0.15, 0.2) is 0 Å². The van der Waals surface area contributed by atoms with Crippen LogP contribution in [0.25, 0.3) is 0 Å². The molecule has 3 nitrogen and oxygen atoms in total. The monoisotopic (exact) mass is 224 g/mol. The first kappa shape index (κ1) is 13.0. The highest BCUT2D eigenvalue weighted by Crippen LogP contribution is 2.15. The van der Waals surface area contributed by atoms with Crippen molar-refractivity contribution < 1.29 is 14.2 Å². The van der Waals surface area contributed by atoms with E-state index >= 15 is 0 Å². The van der Waals surface area contributed by atoms with Gasteiger partial charge in [-0.1, -0.05) is 18.2 Å². The lowest BCUT2D eigenvalue weighted by Crippen LogP contribution is -2.07. The van der Waals surface area contributed by atoms with E-state index in [1.54, 1.807) is 7.11 Å². The van der Waals surface area contributed by atoms with Crippen LogP contribution >= 0.6 is 0 Å². The van der Waals surface area contributed by atoms with Crippen molar-refractivity contribution >= 4 is 0 Å². The van der Waals surface area contributed by atoms with Crippen LogP contribution < -0.4 is 4.74 Å². The average Bonchev–Trinajstić information content (AvgIpc) is 2.30. The van der Waals surface area contributed by atoms with Gasteiger partial charge in [0.2, 0.25) is 0 Å². The van der Waals surface area contributed by atoms with Gasteiger partial charge in [0.25, 0.3) is 0 Å². The Hall–Kier alpha value is -1.06. The molecule has 0 radical (unpaired) electrons. The van der Waals surface area contributed by atoms with Crippen LogP contribution in [0.5, 0.6) is 5.75 Å². The standard InChI is InChI=1S/C13H20O3/c1-12-6-3-4-7-13(12)16-9-5-8-15-11-10-14-2/h3-4,6-7H,5,8-11H2,1-2H3. The molecule has 0 saturated carbocycles. The molecule has 0 aliphatic rings. The highest BCUT2D eigenvalue weighted by molar-refractivity contribution is 5.31. The minimum atomic E-state index is 0.651. The van der Waals surface area contributed by atoms with E-state index in [0.29, 0.717) is 19.8 Å². The molecule has 0 aliphatic carbocycles. The molecular formula is C13H20O3. The summed E-state index contributed by atoms with van der Waals surface area (Å²) in [5, 5.41) is 0. The Morgan fingerprint density at radius 3 is 2.56 bits per heavy atom. The summed E-state index contributed by atoms with van der Waals surface area (Å²) < 4.78 is 15.8. The van der Waals surface area contributed by atoms with Crippen molar-refractivity contribution in [2.75, 3.05) is 33.5 Å². The van der Waals surface area contributed by atoms with Crippen molar-refractivity contribution in [3.05, 3.63) is 29.8 Å². The Balaban J connectivity index is 2.05. The van der Waals surface area contributed by atoms with Gasteiger partial charge in [-0.3, -0.25) is 0 Å². The van der Waals surface area contributed by atoms with Crippen molar-refractivity contribution in [1.29, 1.82) is 0 Å². The Morgan fingerprint density at radius 2 is 1.81 bits per heavy atom. The molecular weight excluding hydrogens is 204 g/mol. The number of methoxy groups -OCH3 is 1. The lowest BCUT2D eigenvalue weighted by Gasteiger charge is -2.08. The van der Waals surface area contributed by atoms with Gasteiger partial charge in [-0.05, 0) is 18.6 Å². The van der Waals surface area contributed by atoms with Gasteiger partial charge in [0.1, 0.15) is 5.75 Å². The lowest BCUT2D eigenvalue weighted by molar-refractivity contribution is 0.0644. The molecule has 0 N–H and O–H groups in total. The van der Waals surface area contributed by atoms with Crippen LogP contribution in [0, 0.1) is 6.92 Å². The molecule has 1 aromatic carbocycles. The lowest BCUT2D eigenvalue weighted by atomic mass is 10.2. The first-order valence-corrected chi connectivity index (χ1v) is 5.59. The van der Waals surface area contributed by atoms with Crippen LogP contribution in [0.15, 0.2) is 24.3 Å². The van der Waals surface area contributed by atoms with Crippen molar-refractivity contribution in [2.24, 2.45) is 0 Å². The Labute approximate surface area is 97.3 Å². The summed E-state index contributed by atoms with van der Waals surface area (Å²) in [6.07, 6.45) is 0.901. The maximum Gasteiger partial charge on any atom is 0.122 e. The molecule has 0 amide bonds. The molecule has 1 rings (SSSR count). The number of aryl methyl sites for hydroxylation is 1. The summed E-state index contributed by atoms with van der Waals surface area (Å²) in [7, 11) is 1.67. The molecule has 1 aromatic rings. The van der Waals surface area contributed by atoms with Gasteiger partial charge in [0.05, 0.1) is 19.8 Å². The molecule has 0 fully saturated rings. The fraction of sp³-hybridized carbons (Fsp3) is 0.538. The first-order chi connectivity index (χ1) is 7.84. The van der Waals surface area contributed by atoms with E-state index in [2.05, 4.69) is 0 Å². The number of benzene rings is 1. The largest absolute Gasteiger partial charge is 0.493 e. The van der Waals surface area contributed by atoms with Gasteiger partial charge in [-0.2, -0.15) is 0 Å². The van der Waals surface area contributed by atoms with Crippen molar-refractivity contribution in [3.63, 3.8) is 0 Å². The van der Waals surface area contributed by atoms with Gasteiger partial charge in [-0.15, -0.1) is 0 Å². The van der Waals surface area contributed by atoms with E-state index in [9.17, 15) is 0 Å². The van der Waals surface area contributed by atoms with Crippen LogP contribution in [0.2, 0.25) is 0 Å². The Morgan fingerprint density at radius 1 is 1.00 bits per heavy atom. The van der Waals surface area contributed by atoms with Gasteiger partial charge >= 0.3 is 0 Å². The SMILES string of the molecule is COCCOCCCOc1ccccc1C. The Bertz CT molecular complexity index is 286. The summed E-state index contributed by atoms with van der Waals surface area (Å²) in [5.74, 6) is 0.958. The molecule has 0 bridgehead atoms. The molecule has 0 aliphatic heterocycles. The minimum absolute atomic E-state index is 0.651. The number of para-hydroxylation sites is 1. The predicted octanol–water partition coefficient (Wildman–Crippen LogP) is 2.43.